The van der Waals surface area contributed by atoms with E-state index in [1.807, 2.05) is 49.4 Å². The van der Waals surface area contributed by atoms with E-state index in [9.17, 15) is 4.79 Å². The van der Waals surface area contributed by atoms with Crippen LogP contribution in [0.25, 0.3) is 0 Å². The molecule has 1 aliphatic heterocycles. The lowest BCUT2D eigenvalue weighted by Gasteiger charge is -2.17. The normalized spacial score (nSPS) is 15.5. The number of ether oxygens (including phenoxy) is 2. The summed E-state index contributed by atoms with van der Waals surface area (Å²) in [6.07, 6.45) is 0. The molecule has 1 heterocycles. The van der Waals surface area contributed by atoms with E-state index in [2.05, 4.69) is 16.2 Å². The van der Waals surface area contributed by atoms with Crippen LogP contribution in [-0.4, -0.2) is 33.2 Å². The molecule has 0 spiro atoms. The van der Waals surface area contributed by atoms with Crippen LogP contribution in [0.4, 0.5) is 0 Å². The molecule has 6 heteroatoms. The molecule has 138 valence electrons. The summed E-state index contributed by atoms with van der Waals surface area (Å²) in [6, 6.07) is 13.3. The Kier molecular flexibility index (Phi) is 5.75. The Balaban J connectivity index is 1.76. The van der Waals surface area contributed by atoms with Crippen molar-refractivity contribution in [3.63, 3.8) is 0 Å². The Morgan fingerprint density at radius 1 is 1.12 bits per heavy atom. The number of carbonyl (C=O) groups is 1. The number of nitrogens with one attached hydrogen (secondary N) is 3. The lowest BCUT2D eigenvalue weighted by molar-refractivity contribution is 0.0936. The zero-order chi connectivity index (χ0) is 18.5. The van der Waals surface area contributed by atoms with Gasteiger partial charge in [-0.3, -0.25) is 15.6 Å². The van der Waals surface area contributed by atoms with Gasteiger partial charge in [-0.1, -0.05) is 18.2 Å². The van der Waals surface area contributed by atoms with E-state index in [1.54, 1.807) is 14.2 Å². The monoisotopic (exact) mass is 355 g/mol. The van der Waals surface area contributed by atoms with Gasteiger partial charge in [0.25, 0.3) is 5.91 Å². The fraction of sp³-hybridized carbons (Fsp3) is 0.350. The summed E-state index contributed by atoms with van der Waals surface area (Å²) in [6.45, 7) is 3.67. The van der Waals surface area contributed by atoms with Gasteiger partial charge in [0.2, 0.25) is 0 Å². The van der Waals surface area contributed by atoms with E-state index in [0.29, 0.717) is 17.2 Å². The second kappa shape index (κ2) is 8.21. The van der Waals surface area contributed by atoms with Crippen molar-refractivity contribution in [2.45, 2.75) is 18.9 Å². The maximum Gasteiger partial charge on any atom is 0.255 e. The van der Waals surface area contributed by atoms with Crippen LogP contribution >= 0.6 is 0 Å². The maximum absolute atomic E-state index is 12.7. The molecule has 1 atom stereocenters. The standard InChI is InChI=1S/C20H25N3O3/c1-13(14-5-4-6-17(9-14)25-2)23-20(24)18-8-7-15(10-19(18)26-3)16-11-21-22-12-16/h4-10,13,16,21-22H,11-12H2,1-3H3,(H,23,24)/t13-/m1/s1. The molecule has 6 nitrogen and oxygen atoms in total. The number of rotatable bonds is 6. The quantitative estimate of drug-likeness (QED) is 0.742. The molecule has 1 amide bonds. The number of amides is 1. The Morgan fingerprint density at radius 3 is 2.58 bits per heavy atom. The molecule has 0 aliphatic carbocycles. The van der Waals surface area contributed by atoms with E-state index >= 15 is 0 Å². The van der Waals surface area contributed by atoms with Crippen molar-refractivity contribution in [2.75, 3.05) is 27.3 Å². The Bertz CT molecular complexity index is 773. The molecule has 3 rings (SSSR count). The number of methoxy groups -OCH3 is 2. The molecule has 2 aromatic carbocycles. The van der Waals surface area contributed by atoms with Gasteiger partial charge in [0.1, 0.15) is 11.5 Å². The molecule has 0 saturated carbocycles. The van der Waals surface area contributed by atoms with Gasteiger partial charge < -0.3 is 14.8 Å². The molecular formula is C20H25N3O3. The van der Waals surface area contributed by atoms with Crippen molar-refractivity contribution in [3.8, 4) is 11.5 Å². The van der Waals surface area contributed by atoms with Crippen LogP contribution in [0.15, 0.2) is 42.5 Å². The fourth-order valence-corrected chi connectivity index (χ4v) is 3.12. The Morgan fingerprint density at radius 2 is 1.88 bits per heavy atom. The van der Waals surface area contributed by atoms with Gasteiger partial charge in [0.05, 0.1) is 25.8 Å². The fourth-order valence-electron chi connectivity index (χ4n) is 3.12. The first-order valence-electron chi connectivity index (χ1n) is 8.71. The maximum atomic E-state index is 12.7. The third kappa shape index (κ3) is 3.98. The second-order valence-electron chi connectivity index (χ2n) is 6.39. The first kappa shape index (κ1) is 18.2. The Hall–Kier alpha value is -2.57. The van der Waals surface area contributed by atoms with Gasteiger partial charge in [0.15, 0.2) is 0 Å². The average Bonchev–Trinajstić information content (AvgIpc) is 3.22. The van der Waals surface area contributed by atoms with Crippen LogP contribution in [0.3, 0.4) is 0 Å². The highest BCUT2D eigenvalue weighted by Gasteiger charge is 2.21. The molecule has 0 unspecified atom stereocenters. The largest absolute Gasteiger partial charge is 0.497 e. The van der Waals surface area contributed by atoms with Crippen LogP contribution in [0.5, 0.6) is 11.5 Å². The summed E-state index contributed by atoms with van der Waals surface area (Å²) in [4.78, 5) is 12.7. The molecule has 1 saturated heterocycles. The molecular weight excluding hydrogens is 330 g/mol. The molecule has 0 aromatic heterocycles. The summed E-state index contributed by atoms with van der Waals surface area (Å²) >= 11 is 0. The minimum absolute atomic E-state index is 0.148. The first-order chi connectivity index (χ1) is 12.6. The number of benzene rings is 2. The summed E-state index contributed by atoms with van der Waals surface area (Å²) in [5, 5.41) is 3.03. The number of carbonyl (C=O) groups excluding carboxylic acids is 1. The summed E-state index contributed by atoms with van der Waals surface area (Å²) in [5.74, 6) is 1.57. The average molecular weight is 355 g/mol. The van der Waals surface area contributed by atoms with E-state index < -0.39 is 0 Å². The van der Waals surface area contributed by atoms with Crippen molar-refractivity contribution in [2.24, 2.45) is 0 Å². The highest BCUT2D eigenvalue weighted by Crippen LogP contribution is 2.26. The van der Waals surface area contributed by atoms with Gasteiger partial charge in [-0.25, -0.2) is 0 Å². The minimum Gasteiger partial charge on any atom is -0.497 e. The molecule has 1 fully saturated rings. The van der Waals surface area contributed by atoms with Crippen molar-refractivity contribution in [1.82, 2.24) is 16.2 Å². The van der Waals surface area contributed by atoms with Gasteiger partial charge in [0, 0.05) is 19.0 Å². The highest BCUT2D eigenvalue weighted by molar-refractivity contribution is 5.97. The number of hydrogen-bond acceptors (Lipinski definition) is 5. The summed E-state index contributed by atoms with van der Waals surface area (Å²) in [7, 11) is 3.22. The molecule has 3 N–H and O–H groups in total. The van der Waals surface area contributed by atoms with Gasteiger partial charge in [-0.15, -0.1) is 0 Å². The third-order valence-electron chi connectivity index (χ3n) is 4.70. The minimum atomic E-state index is -0.161. The van der Waals surface area contributed by atoms with Crippen LogP contribution in [0.1, 0.15) is 40.4 Å². The van der Waals surface area contributed by atoms with Crippen molar-refractivity contribution in [1.29, 1.82) is 0 Å². The number of hydrazine groups is 1. The topological polar surface area (TPSA) is 71.6 Å². The van der Waals surface area contributed by atoms with Crippen molar-refractivity contribution >= 4 is 5.91 Å². The van der Waals surface area contributed by atoms with Gasteiger partial charge in [-0.05, 0) is 42.3 Å². The number of hydrogen-bond donors (Lipinski definition) is 3. The highest BCUT2D eigenvalue weighted by atomic mass is 16.5. The predicted octanol–water partition coefficient (Wildman–Crippen LogP) is 2.39. The van der Waals surface area contributed by atoms with Crippen molar-refractivity contribution < 1.29 is 14.3 Å². The molecule has 0 bridgehead atoms. The predicted molar refractivity (Wildman–Crippen MR) is 101 cm³/mol. The molecule has 0 radical (unpaired) electrons. The zero-order valence-electron chi connectivity index (χ0n) is 15.3. The van der Waals surface area contributed by atoms with Gasteiger partial charge in [-0.2, -0.15) is 0 Å². The van der Waals surface area contributed by atoms with E-state index in [4.69, 9.17) is 9.47 Å². The van der Waals surface area contributed by atoms with Crippen LogP contribution in [-0.2, 0) is 0 Å². The Labute approximate surface area is 153 Å². The molecule has 26 heavy (non-hydrogen) atoms. The SMILES string of the molecule is COc1cccc([C@@H](C)NC(=O)c2ccc(C3CNNC3)cc2OC)c1. The zero-order valence-corrected chi connectivity index (χ0v) is 15.3. The van der Waals surface area contributed by atoms with Crippen LogP contribution in [0, 0.1) is 0 Å². The third-order valence-corrected chi connectivity index (χ3v) is 4.70. The van der Waals surface area contributed by atoms with Crippen LogP contribution < -0.4 is 25.6 Å². The lowest BCUT2D eigenvalue weighted by Crippen LogP contribution is -2.27. The lowest BCUT2D eigenvalue weighted by atomic mass is 9.98. The second-order valence-corrected chi connectivity index (χ2v) is 6.39. The molecule has 1 aliphatic rings. The van der Waals surface area contributed by atoms with E-state index in [0.717, 1.165) is 30.0 Å². The van der Waals surface area contributed by atoms with Crippen LogP contribution in [0.2, 0.25) is 0 Å². The smallest absolute Gasteiger partial charge is 0.255 e. The molecule has 2 aromatic rings. The summed E-state index contributed by atoms with van der Waals surface area (Å²) < 4.78 is 10.7. The van der Waals surface area contributed by atoms with Gasteiger partial charge >= 0.3 is 0 Å². The van der Waals surface area contributed by atoms with Crippen molar-refractivity contribution in [3.05, 3.63) is 59.2 Å². The van der Waals surface area contributed by atoms with E-state index in [1.165, 1.54) is 0 Å². The first-order valence-corrected chi connectivity index (χ1v) is 8.71. The van der Waals surface area contributed by atoms with E-state index in [-0.39, 0.29) is 11.9 Å². The summed E-state index contributed by atoms with van der Waals surface area (Å²) in [5.41, 5.74) is 8.90.